The Kier molecular flexibility index (Phi) is 2.37. The molecular weight excluding hydrogens is 180 g/mol. The Hall–Kier alpha value is -1.16. The normalized spacial score (nSPS) is 30.9. The summed E-state index contributed by atoms with van der Waals surface area (Å²) >= 11 is 0. The van der Waals surface area contributed by atoms with Crippen molar-refractivity contribution in [2.24, 2.45) is 0 Å². The highest BCUT2D eigenvalue weighted by molar-refractivity contribution is 5.28. The second-order valence-corrected chi connectivity index (χ2v) is 3.42. The SMILES string of the molecule is CC1(c2ccccc2)C=CC(OO)O1. The van der Waals surface area contributed by atoms with Crippen LogP contribution in [0.4, 0.5) is 0 Å². The molecule has 0 aliphatic carbocycles. The van der Waals surface area contributed by atoms with Crippen LogP contribution < -0.4 is 0 Å². The molecule has 1 N–H and O–H groups in total. The summed E-state index contributed by atoms with van der Waals surface area (Å²) in [6.07, 6.45) is 2.90. The second kappa shape index (κ2) is 3.53. The predicted octanol–water partition coefficient (Wildman–Crippen LogP) is 2.30. The Morgan fingerprint density at radius 1 is 1.36 bits per heavy atom. The van der Waals surface area contributed by atoms with E-state index in [1.165, 1.54) is 0 Å². The summed E-state index contributed by atoms with van der Waals surface area (Å²) < 4.78 is 5.50. The average molecular weight is 192 g/mol. The maximum absolute atomic E-state index is 8.47. The Balaban J connectivity index is 2.24. The van der Waals surface area contributed by atoms with Crippen LogP contribution in [-0.4, -0.2) is 11.5 Å². The first-order valence-electron chi connectivity index (χ1n) is 4.47. The van der Waals surface area contributed by atoms with E-state index in [-0.39, 0.29) is 0 Å². The van der Waals surface area contributed by atoms with Crippen molar-refractivity contribution in [1.82, 2.24) is 0 Å². The quantitative estimate of drug-likeness (QED) is 0.444. The van der Waals surface area contributed by atoms with Gasteiger partial charge in [0.25, 0.3) is 0 Å². The van der Waals surface area contributed by atoms with Gasteiger partial charge in [0.2, 0.25) is 6.29 Å². The first-order valence-corrected chi connectivity index (χ1v) is 4.47. The van der Waals surface area contributed by atoms with Crippen LogP contribution >= 0.6 is 0 Å². The number of ether oxygens (including phenoxy) is 1. The van der Waals surface area contributed by atoms with E-state index >= 15 is 0 Å². The fraction of sp³-hybridized carbons (Fsp3) is 0.273. The molecule has 0 saturated carbocycles. The fourth-order valence-corrected chi connectivity index (χ4v) is 1.57. The van der Waals surface area contributed by atoms with Crippen molar-refractivity contribution in [1.29, 1.82) is 0 Å². The Bertz CT molecular complexity index is 334. The summed E-state index contributed by atoms with van der Waals surface area (Å²) in [6, 6.07) is 9.80. The van der Waals surface area contributed by atoms with Gasteiger partial charge in [-0.3, -0.25) is 0 Å². The van der Waals surface area contributed by atoms with Crippen LogP contribution in [0, 0.1) is 0 Å². The third-order valence-electron chi connectivity index (χ3n) is 2.38. The summed E-state index contributed by atoms with van der Waals surface area (Å²) in [7, 11) is 0. The lowest BCUT2D eigenvalue weighted by atomic mass is 9.97. The topological polar surface area (TPSA) is 38.7 Å². The zero-order valence-electron chi connectivity index (χ0n) is 7.88. The third-order valence-corrected chi connectivity index (χ3v) is 2.38. The Morgan fingerprint density at radius 3 is 2.64 bits per heavy atom. The zero-order chi connectivity index (χ0) is 10.0. The smallest absolute Gasteiger partial charge is 0.211 e. The monoisotopic (exact) mass is 192 g/mol. The summed E-state index contributed by atoms with van der Waals surface area (Å²) in [5.74, 6) is 0. The molecule has 3 heteroatoms. The summed E-state index contributed by atoms with van der Waals surface area (Å²) in [5, 5.41) is 8.47. The predicted molar refractivity (Wildman–Crippen MR) is 51.5 cm³/mol. The zero-order valence-corrected chi connectivity index (χ0v) is 7.88. The van der Waals surface area contributed by atoms with Gasteiger partial charge in [-0.1, -0.05) is 30.3 Å². The molecule has 2 atom stereocenters. The van der Waals surface area contributed by atoms with Crippen LogP contribution in [0.1, 0.15) is 12.5 Å². The lowest BCUT2D eigenvalue weighted by molar-refractivity contribution is -0.338. The Labute approximate surface area is 82.5 Å². The standard InChI is InChI=1S/C11H12O3/c1-11(8-7-10(13-11)14-12)9-5-3-2-4-6-9/h2-8,10,12H,1H3. The lowest BCUT2D eigenvalue weighted by Gasteiger charge is -2.23. The Morgan fingerprint density at radius 2 is 2.07 bits per heavy atom. The highest BCUT2D eigenvalue weighted by atomic mass is 17.1. The summed E-state index contributed by atoms with van der Waals surface area (Å²) in [4.78, 5) is 4.12. The van der Waals surface area contributed by atoms with Gasteiger partial charge in [0.15, 0.2) is 0 Å². The molecular formula is C11H12O3. The van der Waals surface area contributed by atoms with Crippen LogP contribution in [-0.2, 0) is 15.2 Å². The van der Waals surface area contributed by atoms with E-state index in [0.29, 0.717) is 0 Å². The molecule has 0 fully saturated rings. The molecule has 1 aliphatic rings. The van der Waals surface area contributed by atoms with E-state index in [0.717, 1.165) is 5.56 Å². The van der Waals surface area contributed by atoms with Crippen molar-refractivity contribution in [3.63, 3.8) is 0 Å². The summed E-state index contributed by atoms with van der Waals surface area (Å²) in [6.45, 7) is 1.93. The van der Waals surface area contributed by atoms with Crippen LogP contribution in [0.2, 0.25) is 0 Å². The third kappa shape index (κ3) is 1.57. The van der Waals surface area contributed by atoms with Crippen LogP contribution in [0.15, 0.2) is 42.5 Å². The second-order valence-electron chi connectivity index (χ2n) is 3.42. The molecule has 1 aromatic rings. The number of hydrogen-bond donors (Lipinski definition) is 1. The van der Waals surface area contributed by atoms with Crippen LogP contribution in [0.3, 0.4) is 0 Å². The minimum Gasteiger partial charge on any atom is -0.331 e. The largest absolute Gasteiger partial charge is 0.331 e. The van der Waals surface area contributed by atoms with E-state index in [9.17, 15) is 0 Å². The van der Waals surface area contributed by atoms with E-state index in [1.54, 1.807) is 6.08 Å². The molecule has 0 aromatic heterocycles. The van der Waals surface area contributed by atoms with Crippen LogP contribution in [0.5, 0.6) is 0 Å². The molecule has 0 bridgehead atoms. The molecule has 74 valence electrons. The number of hydrogen-bond acceptors (Lipinski definition) is 3. The molecule has 0 radical (unpaired) electrons. The molecule has 1 aromatic carbocycles. The molecule has 0 amide bonds. The van der Waals surface area contributed by atoms with Crippen molar-refractivity contribution < 1.29 is 14.9 Å². The highest BCUT2D eigenvalue weighted by Gasteiger charge is 2.32. The van der Waals surface area contributed by atoms with Gasteiger partial charge in [-0.2, -0.15) is 0 Å². The molecule has 2 rings (SSSR count). The molecule has 14 heavy (non-hydrogen) atoms. The minimum atomic E-state index is -0.666. The average Bonchev–Trinajstić information content (AvgIpc) is 2.63. The van der Waals surface area contributed by atoms with E-state index in [1.807, 2.05) is 43.3 Å². The molecule has 1 aliphatic heterocycles. The van der Waals surface area contributed by atoms with Gasteiger partial charge in [-0.25, -0.2) is 10.1 Å². The van der Waals surface area contributed by atoms with Gasteiger partial charge >= 0.3 is 0 Å². The molecule has 3 nitrogen and oxygen atoms in total. The van der Waals surface area contributed by atoms with Gasteiger partial charge in [0.05, 0.1) is 0 Å². The minimum absolute atomic E-state index is 0.505. The van der Waals surface area contributed by atoms with Gasteiger partial charge < -0.3 is 4.74 Å². The van der Waals surface area contributed by atoms with Gasteiger partial charge in [-0.15, -0.1) is 0 Å². The first-order chi connectivity index (χ1) is 6.74. The van der Waals surface area contributed by atoms with E-state index in [4.69, 9.17) is 9.99 Å². The molecule has 2 unspecified atom stereocenters. The molecule has 0 saturated heterocycles. The first kappa shape index (κ1) is 9.40. The van der Waals surface area contributed by atoms with Crippen molar-refractivity contribution in [2.45, 2.75) is 18.8 Å². The fourth-order valence-electron chi connectivity index (χ4n) is 1.57. The number of benzene rings is 1. The van der Waals surface area contributed by atoms with Gasteiger partial charge in [-0.05, 0) is 24.6 Å². The van der Waals surface area contributed by atoms with E-state index in [2.05, 4.69) is 4.89 Å². The maximum Gasteiger partial charge on any atom is 0.211 e. The van der Waals surface area contributed by atoms with Crippen molar-refractivity contribution in [3.05, 3.63) is 48.0 Å². The van der Waals surface area contributed by atoms with Crippen molar-refractivity contribution in [3.8, 4) is 0 Å². The highest BCUT2D eigenvalue weighted by Crippen LogP contribution is 2.33. The van der Waals surface area contributed by atoms with Crippen molar-refractivity contribution >= 4 is 0 Å². The van der Waals surface area contributed by atoms with Crippen molar-refractivity contribution in [2.75, 3.05) is 0 Å². The van der Waals surface area contributed by atoms with Gasteiger partial charge in [0.1, 0.15) is 5.60 Å². The van der Waals surface area contributed by atoms with Gasteiger partial charge in [0, 0.05) is 0 Å². The number of rotatable bonds is 2. The molecule has 1 heterocycles. The lowest BCUT2D eigenvalue weighted by Crippen LogP contribution is -2.23. The molecule has 0 spiro atoms. The van der Waals surface area contributed by atoms with E-state index < -0.39 is 11.9 Å². The summed E-state index contributed by atoms with van der Waals surface area (Å²) in [5.41, 5.74) is 0.532. The maximum atomic E-state index is 8.47. The van der Waals surface area contributed by atoms with Crippen LogP contribution in [0.25, 0.3) is 0 Å².